The number of nitrogens with one attached hydrogen (secondary N) is 1. The van der Waals surface area contributed by atoms with E-state index in [0.29, 0.717) is 39.8 Å². The maximum Gasteiger partial charge on any atom is 0.167 e. The maximum atomic E-state index is 14.6. The van der Waals surface area contributed by atoms with Crippen molar-refractivity contribution in [3.8, 4) is 5.75 Å². The van der Waals surface area contributed by atoms with Gasteiger partial charge in [0, 0.05) is 73.4 Å². The molecule has 3 heterocycles. The second kappa shape index (κ2) is 10.3. The minimum atomic E-state index is -1.06. The van der Waals surface area contributed by atoms with Crippen molar-refractivity contribution in [2.45, 2.75) is 19.1 Å². The smallest absolute Gasteiger partial charge is 0.167 e. The quantitative estimate of drug-likeness (QED) is 0.319. The summed E-state index contributed by atoms with van der Waals surface area (Å²) in [6.45, 7) is 3.34. The maximum absolute atomic E-state index is 14.6. The average Bonchev–Trinajstić information content (AvgIpc) is 2.82. The predicted octanol–water partition coefficient (Wildman–Crippen LogP) is 4.30. The van der Waals surface area contributed by atoms with Gasteiger partial charge in [-0.25, -0.2) is 17.9 Å². The van der Waals surface area contributed by atoms with Crippen molar-refractivity contribution in [2.75, 3.05) is 37.0 Å². The molecule has 1 fully saturated rings. The number of aromatic nitrogens is 2. The Morgan fingerprint density at radius 1 is 1.28 bits per heavy atom. The number of nitrogen functional groups attached to an aromatic ring is 1. The van der Waals surface area contributed by atoms with Gasteiger partial charge < -0.3 is 15.4 Å². The van der Waals surface area contributed by atoms with Gasteiger partial charge in [-0.05, 0) is 25.1 Å². The molecule has 3 N–H and O–H groups in total. The Bertz CT molecular complexity index is 1310. The van der Waals surface area contributed by atoms with Crippen LogP contribution in [-0.4, -0.2) is 56.1 Å². The second-order valence-electron chi connectivity index (χ2n) is 8.79. The molecule has 8 nitrogen and oxygen atoms in total. The summed E-state index contributed by atoms with van der Waals surface area (Å²) in [6.07, 6.45) is 6.09. The Balaban J connectivity index is 1.49. The van der Waals surface area contributed by atoms with Crippen LogP contribution in [0.3, 0.4) is 0 Å². The molecule has 1 atom stereocenters. The molecule has 3 aromatic rings. The van der Waals surface area contributed by atoms with Crippen LogP contribution in [-0.2, 0) is 17.6 Å². The van der Waals surface area contributed by atoms with Crippen LogP contribution in [0.25, 0.3) is 0 Å². The lowest BCUT2D eigenvalue weighted by Crippen LogP contribution is -2.68. The molecule has 12 heteroatoms. The lowest BCUT2D eigenvalue weighted by Gasteiger charge is -2.52. The van der Waals surface area contributed by atoms with Gasteiger partial charge in [-0.1, -0.05) is 23.2 Å². The molecule has 0 spiro atoms. The first kappa shape index (κ1) is 26.3. The first-order valence-electron chi connectivity index (χ1n) is 10.9. The molecular formula is C24H25Cl2FN6O2S. The Kier molecular flexibility index (Phi) is 7.51. The number of ether oxygens (including phenoxy) is 1. The van der Waals surface area contributed by atoms with E-state index >= 15 is 0 Å². The van der Waals surface area contributed by atoms with Gasteiger partial charge in [-0.2, -0.15) is 0 Å². The number of hydrogen-bond donors (Lipinski definition) is 2. The third-order valence-electron chi connectivity index (χ3n) is 6.27. The van der Waals surface area contributed by atoms with Gasteiger partial charge in [-0.15, -0.1) is 0 Å². The van der Waals surface area contributed by atoms with Crippen molar-refractivity contribution in [1.82, 2.24) is 14.3 Å². The van der Waals surface area contributed by atoms with Crippen LogP contribution in [0.1, 0.15) is 23.6 Å². The van der Waals surface area contributed by atoms with E-state index in [1.165, 1.54) is 18.5 Å². The van der Waals surface area contributed by atoms with Gasteiger partial charge in [0.25, 0.3) is 0 Å². The molecule has 0 aliphatic carbocycles. The summed E-state index contributed by atoms with van der Waals surface area (Å²) in [7, 11) is 0.785. The molecule has 1 aliphatic heterocycles. The van der Waals surface area contributed by atoms with E-state index < -0.39 is 16.8 Å². The number of benzene rings is 1. The summed E-state index contributed by atoms with van der Waals surface area (Å²) in [4.78, 5) is 10.5. The van der Waals surface area contributed by atoms with E-state index in [4.69, 9.17) is 39.1 Å². The molecule has 0 bridgehead atoms. The first-order valence-corrected chi connectivity index (χ1v) is 13.1. The molecule has 1 aromatic carbocycles. The largest absolute Gasteiger partial charge is 0.486 e. The van der Waals surface area contributed by atoms with Crippen molar-refractivity contribution in [2.24, 2.45) is 0 Å². The molecule has 2 aromatic heterocycles. The van der Waals surface area contributed by atoms with Gasteiger partial charge in [0.05, 0.1) is 32.3 Å². The average molecular weight is 551 g/mol. The summed E-state index contributed by atoms with van der Waals surface area (Å²) < 4.78 is 33.9. The highest BCUT2D eigenvalue weighted by Crippen LogP contribution is 2.32. The lowest BCUT2D eigenvalue weighted by atomic mass is 9.92. The molecular weight excluding hydrogens is 526 g/mol. The number of rotatable bonds is 8. The predicted molar refractivity (Wildman–Crippen MR) is 142 cm³/mol. The zero-order valence-electron chi connectivity index (χ0n) is 19.9. The van der Waals surface area contributed by atoms with E-state index in [1.54, 1.807) is 18.5 Å². The minimum absolute atomic E-state index is 0.0749. The van der Waals surface area contributed by atoms with Crippen LogP contribution < -0.4 is 15.4 Å². The highest BCUT2D eigenvalue weighted by Gasteiger charge is 2.44. The molecule has 190 valence electrons. The van der Waals surface area contributed by atoms with E-state index in [-0.39, 0.29) is 29.3 Å². The Morgan fingerprint density at radius 2 is 1.94 bits per heavy atom. The number of likely N-dealkylation sites (N-methyl/N-ethyl adjacent to an activating group) is 1. The van der Waals surface area contributed by atoms with Crippen molar-refractivity contribution in [1.29, 1.82) is 5.41 Å². The number of hydrogen-bond acceptors (Lipinski definition) is 7. The van der Waals surface area contributed by atoms with E-state index in [1.807, 2.05) is 17.4 Å². The van der Waals surface area contributed by atoms with Crippen molar-refractivity contribution < 1.29 is 13.3 Å². The Hall–Kier alpha value is -2.79. The third-order valence-corrected chi connectivity index (χ3v) is 8.13. The zero-order valence-corrected chi connectivity index (χ0v) is 22.2. The first-order chi connectivity index (χ1) is 17.0. The van der Waals surface area contributed by atoms with Crippen molar-refractivity contribution >= 4 is 51.4 Å². The van der Waals surface area contributed by atoms with Crippen molar-refractivity contribution in [3.05, 3.63) is 75.4 Å². The third kappa shape index (κ3) is 5.17. The summed E-state index contributed by atoms with van der Waals surface area (Å²) in [5.41, 5.74) is 7.29. The molecule has 36 heavy (non-hydrogen) atoms. The van der Waals surface area contributed by atoms with Crippen molar-refractivity contribution in [3.63, 3.8) is 0 Å². The molecule has 1 aliphatic rings. The van der Waals surface area contributed by atoms with Crippen LogP contribution in [0.5, 0.6) is 5.75 Å². The van der Waals surface area contributed by atoms with E-state index in [2.05, 4.69) is 21.8 Å². The minimum Gasteiger partial charge on any atom is -0.486 e. The number of anilines is 2. The summed E-state index contributed by atoms with van der Waals surface area (Å²) in [6, 6.07) is 6.08. The van der Waals surface area contributed by atoms with Gasteiger partial charge in [-0.3, -0.25) is 10.4 Å². The number of pyridine rings is 2. The van der Waals surface area contributed by atoms with E-state index in [9.17, 15) is 8.60 Å². The Morgan fingerprint density at radius 3 is 2.53 bits per heavy atom. The molecule has 0 saturated carbocycles. The topological polar surface area (TPSA) is 108 Å². The fourth-order valence-electron chi connectivity index (χ4n) is 3.95. The van der Waals surface area contributed by atoms with Gasteiger partial charge >= 0.3 is 0 Å². The Labute approximate surface area is 221 Å². The monoisotopic (exact) mass is 550 g/mol. The van der Waals surface area contributed by atoms with Gasteiger partial charge in [0.15, 0.2) is 11.6 Å². The van der Waals surface area contributed by atoms with Crippen LogP contribution >= 0.6 is 23.2 Å². The molecule has 1 unspecified atom stereocenters. The highest BCUT2D eigenvalue weighted by atomic mass is 35.5. The second-order valence-corrected chi connectivity index (χ2v) is 11.0. The number of nitrogens with two attached hydrogens (primary N) is 1. The number of nitrogens with zero attached hydrogens (tertiary/aromatic N) is 4. The van der Waals surface area contributed by atoms with Gasteiger partial charge in [0.1, 0.15) is 12.4 Å². The van der Waals surface area contributed by atoms with Crippen LogP contribution in [0, 0.1) is 11.2 Å². The lowest BCUT2D eigenvalue weighted by molar-refractivity contribution is 0.197. The summed E-state index contributed by atoms with van der Waals surface area (Å²) in [5, 5.41) is 9.24. The summed E-state index contributed by atoms with van der Waals surface area (Å²) in [5.74, 6) is -0.00563. The molecule has 1 saturated heterocycles. The van der Waals surface area contributed by atoms with E-state index in [0.717, 1.165) is 11.9 Å². The SMILES string of the molecule is CN(S(C)=O)C1(C)CN(c2ccc(C(=N)c3cc(OCc4c(Cl)cncc4Cl)c(F)cc3N)cn2)C1. The molecule has 0 amide bonds. The standard InChI is InChI=1S/C24H25Cl2FN6O2S/c1-24(32(2)36(3)34)12-33(13-24)22-5-4-14(8-31-22)23(29)15-6-21(19(27)7-20(15)28)35-11-16-17(25)9-30-10-18(16)26/h4-10,29H,11-13,28H2,1-3H3. The van der Waals surface area contributed by atoms with Crippen LogP contribution in [0.2, 0.25) is 10.0 Å². The highest BCUT2D eigenvalue weighted by molar-refractivity contribution is 7.81. The van der Waals surface area contributed by atoms with Gasteiger partial charge in [0.2, 0.25) is 0 Å². The fourth-order valence-corrected chi connectivity index (χ4v) is 5.16. The molecule has 4 rings (SSSR count). The normalized spacial score (nSPS) is 15.5. The summed E-state index contributed by atoms with van der Waals surface area (Å²) >= 11 is 12.2. The van der Waals surface area contributed by atoms with Crippen LogP contribution in [0.4, 0.5) is 15.9 Å². The molecule has 0 radical (unpaired) electrons. The fraction of sp³-hybridized carbons (Fsp3) is 0.292. The van der Waals surface area contributed by atoms with Crippen LogP contribution in [0.15, 0.2) is 42.9 Å². The zero-order chi connectivity index (χ0) is 26.2. The number of halogens is 3.